The summed E-state index contributed by atoms with van der Waals surface area (Å²) in [6.45, 7) is 12.4. The van der Waals surface area contributed by atoms with Gasteiger partial charge in [-0.05, 0) is 56.6 Å². The lowest BCUT2D eigenvalue weighted by molar-refractivity contribution is 1.08. The molecule has 0 atom stereocenters. The average Bonchev–Trinajstić information content (AvgIpc) is 2.87. The Morgan fingerprint density at radius 3 is 2.70 bits per heavy atom. The molecule has 0 aliphatic heterocycles. The van der Waals surface area contributed by atoms with E-state index in [-0.39, 0.29) is 0 Å². The maximum atomic E-state index is 3.95. The summed E-state index contributed by atoms with van der Waals surface area (Å²) in [6.07, 6.45) is 14.5. The van der Waals surface area contributed by atoms with Gasteiger partial charge in [-0.25, -0.2) is 0 Å². The second kappa shape index (κ2) is 8.24. The maximum Gasteiger partial charge on any atom is 0.0528 e. The predicted molar refractivity (Wildman–Crippen MR) is 91.4 cm³/mol. The molecule has 0 aliphatic carbocycles. The van der Waals surface area contributed by atoms with Crippen molar-refractivity contribution in [2.45, 2.75) is 40.5 Å². The monoisotopic (exact) mass is 267 g/mol. The van der Waals surface area contributed by atoms with E-state index in [2.05, 4.69) is 68.1 Å². The summed E-state index contributed by atoms with van der Waals surface area (Å²) < 4.78 is 2.17. The van der Waals surface area contributed by atoms with Crippen LogP contribution in [0.3, 0.4) is 0 Å². The van der Waals surface area contributed by atoms with Crippen molar-refractivity contribution in [3.63, 3.8) is 0 Å². The van der Waals surface area contributed by atoms with Crippen molar-refractivity contribution in [3.8, 4) is 0 Å². The zero-order valence-corrected chi connectivity index (χ0v) is 13.1. The van der Waals surface area contributed by atoms with E-state index in [9.17, 15) is 0 Å². The van der Waals surface area contributed by atoms with Crippen LogP contribution in [-0.2, 0) is 0 Å². The summed E-state index contributed by atoms with van der Waals surface area (Å²) in [5.41, 5.74) is 8.03. The molecular weight excluding hydrogens is 242 g/mol. The van der Waals surface area contributed by atoms with Crippen LogP contribution in [0.1, 0.15) is 51.8 Å². The van der Waals surface area contributed by atoms with Gasteiger partial charge in [0.05, 0.1) is 5.69 Å². The van der Waals surface area contributed by atoms with Crippen molar-refractivity contribution in [1.29, 1.82) is 0 Å². The number of allylic oxidation sites excluding steroid dienone is 5. The number of rotatable bonds is 6. The molecule has 20 heavy (non-hydrogen) atoms. The smallest absolute Gasteiger partial charge is 0.0528 e. The topological polar surface area (TPSA) is 4.93 Å². The highest BCUT2D eigenvalue weighted by molar-refractivity contribution is 5.69. The Morgan fingerprint density at radius 1 is 1.40 bits per heavy atom. The van der Waals surface area contributed by atoms with Crippen molar-refractivity contribution in [2.75, 3.05) is 0 Å². The van der Waals surface area contributed by atoms with Crippen LogP contribution in [0.15, 0.2) is 48.4 Å². The van der Waals surface area contributed by atoms with Gasteiger partial charge < -0.3 is 4.57 Å². The van der Waals surface area contributed by atoms with E-state index >= 15 is 0 Å². The molecule has 1 aromatic heterocycles. The summed E-state index contributed by atoms with van der Waals surface area (Å²) in [7, 11) is 0. The molecule has 1 aromatic rings. The third kappa shape index (κ3) is 4.01. The lowest BCUT2D eigenvalue weighted by atomic mass is 10.2. The lowest BCUT2D eigenvalue weighted by Crippen LogP contribution is -1.96. The molecule has 1 heterocycles. The molecule has 0 spiro atoms. The molecule has 106 valence electrons. The van der Waals surface area contributed by atoms with Crippen molar-refractivity contribution in [3.05, 3.63) is 59.6 Å². The fourth-order valence-electron chi connectivity index (χ4n) is 1.95. The first-order valence-corrected chi connectivity index (χ1v) is 7.27. The molecule has 0 saturated carbocycles. The van der Waals surface area contributed by atoms with Gasteiger partial charge in [-0.3, -0.25) is 0 Å². The van der Waals surface area contributed by atoms with Gasteiger partial charge in [0.2, 0.25) is 0 Å². The second-order valence-electron chi connectivity index (χ2n) is 4.69. The van der Waals surface area contributed by atoms with Crippen LogP contribution in [0, 0.1) is 0 Å². The fraction of sp³-hybridized carbons (Fsp3) is 0.316. The number of hydrogen-bond acceptors (Lipinski definition) is 0. The van der Waals surface area contributed by atoms with Gasteiger partial charge in [0, 0.05) is 17.5 Å². The Labute approximate surface area is 123 Å². The summed E-state index contributed by atoms with van der Waals surface area (Å²) >= 11 is 0. The molecule has 1 rings (SSSR count). The third-order valence-corrected chi connectivity index (χ3v) is 3.19. The zero-order chi connectivity index (χ0) is 15.0. The number of nitrogens with zero attached hydrogens (tertiary/aromatic N) is 1. The first kappa shape index (κ1) is 16.1. The highest BCUT2D eigenvalue weighted by Crippen LogP contribution is 2.20. The van der Waals surface area contributed by atoms with E-state index in [4.69, 9.17) is 0 Å². The minimum absolute atomic E-state index is 1.01. The zero-order valence-electron chi connectivity index (χ0n) is 13.1. The fourth-order valence-corrected chi connectivity index (χ4v) is 1.95. The SMILES string of the molecule is C=Cc1c(C=C=C(C)CC)ccn1C(/C=C\C)=C/CC. The predicted octanol–water partition coefficient (Wildman–Crippen LogP) is 5.93. The van der Waals surface area contributed by atoms with E-state index in [1.807, 2.05) is 19.1 Å². The second-order valence-corrected chi connectivity index (χ2v) is 4.69. The molecule has 0 aliphatic rings. The summed E-state index contributed by atoms with van der Waals surface area (Å²) in [4.78, 5) is 0. The normalized spacial score (nSPS) is 11.5. The molecule has 1 heteroatoms. The first-order valence-electron chi connectivity index (χ1n) is 7.27. The minimum Gasteiger partial charge on any atom is -0.317 e. The Hall–Kier alpha value is -1.98. The van der Waals surface area contributed by atoms with Crippen molar-refractivity contribution in [2.24, 2.45) is 0 Å². The maximum absolute atomic E-state index is 3.95. The summed E-state index contributed by atoms with van der Waals surface area (Å²) in [6, 6.07) is 2.11. The van der Waals surface area contributed by atoms with Gasteiger partial charge >= 0.3 is 0 Å². The van der Waals surface area contributed by atoms with E-state index in [1.54, 1.807) is 0 Å². The Bertz CT molecular complexity index is 573. The molecule has 0 amide bonds. The molecule has 0 fully saturated rings. The molecule has 0 N–H and O–H groups in total. The van der Waals surface area contributed by atoms with E-state index < -0.39 is 0 Å². The van der Waals surface area contributed by atoms with Crippen molar-refractivity contribution >= 4 is 17.8 Å². The van der Waals surface area contributed by atoms with Gasteiger partial charge in [0.15, 0.2) is 0 Å². The van der Waals surface area contributed by atoms with E-state index in [0.29, 0.717) is 0 Å². The number of aromatic nitrogens is 1. The van der Waals surface area contributed by atoms with E-state index in [1.165, 1.54) is 11.3 Å². The highest BCUT2D eigenvalue weighted by atomic mass is 15.0. The molecular formula is C19H25N. The van der Waals surface area contributed by atoms with Crippen LogP contribution in [0.5, 0.6) is 0 Å². The van der Waals surface area contributed by atoms with E-state index in [0.717, 1.165) is 24.1 Å². The van der Waals surface area contributed by atoms with Crippen LogP contribution in [0.4, 0.5) is 0 Å². The molecule has 0 unspecified atom stereocenters. The largest absolute Gasteiger partial charge is 0.317 e. The summed E-state index contributed by atoms with van der Waals surface area (Å²) in [5.74, 6) is 0. The quantitative estimate of drug-likeness (QED) is 0.445. The van der Waals surface area contributed by atoms with Crippen LogP contribution in [0.25, 0.3) is 17.8 Å². The average molecular weight is 267 g/mol. The van der Waals surface area contributed by atoms with Crippen molar-refractivity contribution < 1.29 is 0 Å². The third-order valence-electron chi connectivity index (χ3n) is 3.19. The van der Waals surface area contributed by atoms with Crippen LogP contribution < -0.4 is 0 Å². The number of hydrogen-bond donors (Lipinski definition) is 0. The van der Waals surface area contributed by atoms with Crippen LogP contribution >= 0.6 is 0 Å². The van der Waals surface area contributed by atoms with Crippen LogP contribution in [-0.4, -0.2) is 4.57 Å². The molecule has 0 aromatic carbocycles. The van der Waals surface area contributed by atoms with Gasteiger partial charge in [0.25, 0.3) is 0 Å². The molecule has 1 nitrogen and oxygen atoms in total. The van der Waals surface area contributed by atoms with Crippen molar-refractivity contribution in [1.82, 2.24) is 4.57 Å². The van der Waals surface area contributed by atoms with Gasteiger partial charge in [-0.1, -0.05) is 32.6 Å². The minimum atomic E-state index is 1.01. The Balaban J connectivity index is 3.32. The van der Waals surface area contributed by atoms with Gasteiger partial charge in [-0.15, -0.1) is 5.73 Å². The summed E-state index contributed by atoms with van der Waals surface area (Å²) in [5, 5.41) is 0. The highest BCUT2D eigenvalue weighted by Gasteiger charge is 2.05. The molecule has 0 bridgehead atoms. The van der Waals surface area contributed by atoms with Gasteiger partial charge in [0.1, 0.15) is 0 Å². The lowest BCUT2D eigenvalue weighted by Gasteiger charge is -2.08. The Kier molecular flexibility index (Phi) is 6.63. The first-order chi connectivity index (χ1) is 9.67. The molecule has 0 saturated heterocycles. The Morgan fingerprint density at radius 2 is 2.15 bits per heavy atom. The molecule has 0 radical (unpaired) electrons. The van der Waals surface area contributed by atoms with Gasteiger partial charge in [-0.2, -0.15) is 0 Å². The standard InChI is InChI=1S/C19H25N/c1-6-10-18(11-7-2)20-15-14-17(19(20)9-4)13-12-16(5)8-3/h6,9-11,13-15H,4,7-8H2,1-3,5H3/b10-6-,18-11+. The van der Waals surface area contributed by atoms with Crippen LogP contribution in [0.2, 0.25) is 0 Å².